The lowest BCUT2D eigenvalue weighted by molar-refractivity contribution is -0.108. The lowest BCUT2D eigenvalue weighted by Gasteiger charge is -2.09. The van der Waals surface area contributed by atoms with Gasteiger partial charge in [0.15, 0.2) is 0 Å². The molecule has 0 heterocycles. The van der Waals surface area contributed by atoms with Gasteiger partial charge in [0.25, 0.3) is 5.24 Å². The number of halogens is 3. The van der Waals surface area contributed by atoms with Crippen LogP contribution in [0, 0.1) is 0 Å². The normalized spacial score (nSPS) is 18.3. The van der Waals surface area contributed by atoms with E-state index in [4.69, 9.17) is 34.8 Å². The Morgan fingerprint density at radius 3 is 2.45 bits per heavy atom. The zero-order valence-electron chi connectivity index (χ0n) is 5.53. The minimum atomic E-state index is -0.587. The number of hydrogen-bond acceptors (Lipinski definition) is 1. The highest BCUT2D eigenvalue weighted by molar-refractivity contribution is 6.70. The molecule has 1 aliphatic carbocycles. The number of carbonyl (C=O) groups is 1. The van der Waals surface area contributed by atoms with Gasteiger partial charge in [0, 0.05) is 10.1 Å². The van der Waals surface area contributed by atoms with Crippen molar-refractivity contribution in [3.8, 4) is 0 Å². The van der Waals surface area contributed by atoms with Crippen molar-refractivity contribution < 1.29 is 4.79 Å². The Morgan fingerprint density at radius 2 is 2.09 bits per heavy atom. The van der Waals surface area contributed by atoms with Gasteiger partial charge in [-0.1, -0.05) is 29.3 Å². The molecule has 1 aliphatic rings. The summed E-state index contributed by atoms with van der Waals surface area (Å²) in [6, 6.07) is 0. The van der Waals surface area contributed by atoms with E-state index < -0.39 is 5.24 Å². The first-order valence-corrected chi connectivity index (χ1v) is 4.21. The number of allylic oxidation sites excluding steroid dienone is 4. The van der Waals surface area contributed by atoms with E-state index in [2.05, 4.69) is 0 Å². The number of hydrogen-bond donors (Lipinski definition) is 0. The number of carbonyl (C=O) groups excluding carboxylic acids is 1. The highest BCUT2D eigenvalue weighted by Gasteiger charge is 2.18. The summed E-state index contributed by atoms with van der Waals surface area (Å²) in [6.45, 7) is 0. The van der Waals surface area contributed by atoms with Gasteiger partial charge in [-0.25, -0.2) is 0 Å². The molecule has 0 saturated heterocycles. The summed E-state index contributed by atoms with van der Waals surface area (Å²) in [6.07, 6.45) is 3.15. The molecule has 0 bridgehead atoms. The smallest absolute Gasteiger partial charge is 0.255 e. The zero-order valence-corrected chi connectivity index (χ0v) is 7.80. The molecule has 0 N–H and O–H groups in total. The minimum absolute atomic E-state index is 0.251. The summed E-state index contributed by atoms with van der Waals surface area (Å²) in [7, 11) is 0. The first-order valence-electron chi connectivity index (χ1n) is 3.07. The molecule has 1 rings (SSSR count). The van der Waals surface area contributed by atoms with Crippen molar-refractivity contribution in [2.75, 3.05) is 0 Å². The van der Waals surface area contributed by atoms with Gasteiger partial charge >= 0.3 is 0 Å². The van der Waals surface area contributed by atoms with Crippen LogP contribution < -0.4 is 0 Å². The topological polar surface area (TPSA) is 17.1 Å². The lowest BCUT2D eigenvalue weighted by atomic mass is 10.1. The number of rotatable bonds is 1. The van der Waals surface area contributed by atoms with Crippen molar-refractivity contribution in [2.24, 2.45) is 0 Å². The Balaban J connectivity index is 3.04. The Bertz CT molecular complexity index is 252. The molecule has 0 radical (unpaired) electrons. The molecule has 11 heavy (non-hydrogen) atoms. The molecule has 0 saturated carbocycles. The molecule has 1 nitrogen and oxygen atoms in total. The fourth-order valence-electron chi connectivity index (χ4n) is 0.883. The van der Waals surface area contributed by atoms with E-state index in [9.17, 15) is 4.79 Å². The van der Waals surface area contributed by atoms with Crippen LogP contribution >= 0.6 is 34.8 Å². The summed E-state index contributed by atoms with van der Waals surface area (Å²) in [5, 5.41) is 0.231. The van der Waals surface area contributed by atoms with Crippen molar-refractivity contribution in [3.63, 3.8) is 0 Å². The molecule has 60 valence electrons. The molecule has 0 fully saturated rings. The molecule has 0 aliphatic heterocycles. The predicted octanol–water partition coefficient (Wildman–Crippen LogP) is 3.16. The third-order valence-electron chi connectivity index (χ3n) is 1.39. The average Bonchev–Trinajstić information content (AvgIpc) is 1.85. The van der Waals surface area contributed by atoms with Crippen LogP contribution in [0.25, 0.3) is 0 Å². The maximum atomic E-state index is 10.7. The molecule has 0 spiro atoms. The molecule has 0 aromatic rings. The summed E-state index contributed by atoms with van der Waals surface area (Å²) in [4.78, 5) is 10.7. The summed E-state index contributed by atoms with van der Waals surface area (Å²) in [5.74, 6) is 0. The van der Waals surface area contributed by atoms with Crippen molar-refractivity contribution in [2.45, 2.75) is 12.8 Å². The fraction of sp³-hybridized carbons (Fsp3) is 0.286. The molecular weight excluding hydrogens is 206 g/mol. The van der Waals surface area contributed by atoms with Crippen LogP contribution in [0.15, 0.2) is 21.7 Å². The molecular formula is C7H5Cl3O. The second-order valence-corrected chi connectivity index (χ2v) is 3.35. The van der Waals surface area contributed by atoms with E-state index in [0.717, 1.165) is 6.42 Å². The predicted molar refractivity (Wildman–Crippen MR) is 46.9 cm³/mol. The van der Waals surface area contributed by atoms with Crippen LogP contribution in [0.5, 0.6) is 0 Å². The van der Waals surface area contributed by atoms with Gasteiger partial charge in [-0.2, -0.15) is 0 Å². The van der Waals surface area contributed by atoms with E-state index in [-0.39, 0.29) is 5.57 Å². The quantitative estimate of drug-likeness (QED) is 0.609. The van der Waals surface area contributed by atoms with Gasteiger partial charge in [-0.3, -0.25) is 4.79 Å². The Labute approximate surface area is 79.6 Å². The van der Waals surface area contributed by atoms with E-state index in [1.807, 2.05) is 0 Å². The second-order valence-electron chi connectivity index (χ2n) is 2.14. The van der Waals surface area contributed by atoms with Crippen molar-refractivity contribution >= 4 is 40.0 Å². The third-order valence-corrected chi connectivity index (χ3v) is 2.30. The molecule has 0 aromatic carbocycles. The average molecular weight is 211 g/mol. The van der Waals surface area contributed by atoms with Crippen molar-refractivity contribution in [3.05, 3.63) is 21.7 Å². The van der Waals surface area contributed by atoms with Gasteiger partial charge in [0.05, 0.1) is 5.57 Å². The molecule has 0 unspecified atom stereocenters. The Hall–Kier alpha value is 0.0200. The molecule has 4 heteroatoms. The summed E-state index contributed by atoms with van der Waals surface area (Å²) >= 11 is 16.6. The zero-order chi connectivity index (χ0) is 8.43. The Kier molecular flexibility index (Phi) is 2.99. The molecule has 0 aromatic heterocycles. The van der Waals surface area contributed by atoms with E-state index in [1.54, 1.807) is 6.08 Å². The minimum Gasteiger partial charge on any atom is -0.276 e. The van der Waals surface area contributed by atoms with Crippen LogP contribution in [0.2, 0.25) is 0 Å². The Morgan fingerprint density at radius 1 is 1.45 bits per heavy atom. The maximum Gasteiger partial charge on any atom is 0.255 e. The van der Waals surface area contributed by atoms with Gasteiger partial charge in [-0.05, 0) is 24.4 Å². The van der Waals surface area contributed by atoms with Crippen LogP contribution in [-0.2, 0) is 4.79 Å². The van der Waals surface area contributed by atoms with Crippen LogP contribution in [0.1, 0.15) is 12.8 Å². The summed E-state index contributed by atoms with van der Waals surface area (Å²) < 4.78 is 0. The second kappa shape index (κ2) is 3.61. The van der Waals surface area contributed by atoms with Gasteiger partial charge in [0.2, 0.25) is 0 Å². The third kappa shape index (κ3) is 1.98. The van der Waals surface area contributed by atoms with Crippen LogP contribution in [0.3, 0.4) is 0 Å². The van der Waals surface area contributed by atoms with Crippen LogP contribution in [0.4, 0.5) is 0 Å². The van der Waals surface area contributed by atoms with Gasteiger partial charge in [-0.15, -0.1) is 0 Å². The van der Waals surface area contributed by atoms with E-state index in [0.29, 0.717) is 16.5 Å². The largest absolute Gasteiger partial charge is 0.276 e. The lowest BCUT2D eigenvalue weighted by Crippen LogP contribution is -2.00. The van der Waals surface area contributed by atoms with Crippen molar-refractivity contribution in [1.82, 2.24) is 0 Å². The van der Waals surface area contributed by atoms with Crippen LogP contribution in [-0.4, -0.2) is 5.24 Å². The molecule has 0 atom stereocenters. The van der Waals surface area contributed by atoms with Gasteiger partial charge < -0.3 is 0 Å². The first-order chi connectivity index (χ1) is 5.13. The molecule has 0 amide bonds. The maximum absolute atomic E-state index is 10.7. The standard InChI is InChI=1S/C7H5Cl3O/c8-4-2-1-3-5(9)6(4)7(10)11/h2H,1,3H2. The van der Waals surface area contributed by atoms with Crippen molar-refractivity contribution in [1.29, 1.82) is 0 Å². The highest BCUT2D eigenvalue weighted by atomic mass is 35.5. The monoisotopic (exact) mass is 210 g/mol. The summed E-state index contributed by atoms with van der Waals surface area (Å²) in [5.41, 5.74) is 0.251. The first kappa shape index (κ1) is 9.11. The van der Waals surface area contributed by atoms with E-state index >= 15 is 0 Å². The SMILES string of the molecule is O=C(Cl)C1=C(Cl)CCC=C1Cl. The van der Waals surface area contributed by atoms with E-state index in [1.165, 1.54) is 0 Å². The highest BCUT2D eigenvalue weighted by Crippen LogP contribution is 2.31. The fourth-order valence-corrected chi connectivity index (χ4v) is 1.85. The van der Waals surface area contributed by atoms with Gasteiger partial charge in [0.1, 0.15) is 0 Å².